The summed E-state index contributed by atoms with van der Waals surface area (Å²) in [5, 5.41) is 0. The molecule has 1 amide bonds. The van der Waals surface area contributed by atoms with Crippen molar-refractivity contribution in [1.29, 1.82) is 0 Å². The van der Waals surface area contributed by atoms with Gasteiger partial charge in [-0.2, -0.15) is 0 Å². The fourth-order valence-corrected chi connectivity index (χ4v) is 6.28. The molecule has 1 fully saturated rings. The molecule has 1 saturated heterocycles. The second-order valence-corrected chi connectivity index (χ2v) is 12.0. The van der Waals surface area contributed by atoms with Crippen LogP contribution in [-0.2, 0) is 11.2 Å². The van der Waals surface area contributed by atoms with Gasteiger partial charge in [0.05, 0.1) is 17.6 Å². The molecule has 3 aromatic rings. The van der Waals surface area contributed by atoms with Gasteiger partial charge < -0.3 is 19.5 Å². The van der Waals surface area contributed by atoms with E-state index in [9.17, 15) is 4.79 Å². The summed E-state index contributed by atoms with van der Waals surface area (Å²) in [7, 11) is 0. The molecule has 3 unspecified atom stereocenters. The Labute approximate surface area is 243 Å². The maximum absolute atomic E-state index is 13.4. The number of benzene rings is 2. The number of allylic oxidation sites excluding steroid dienone is 2. The van der Waals surface area contributed by atoms with E-state index in [1.807, 2.05) is 13.1 Å². The van der Waals surface area contributed by atoms with Crippen molar-refractivity contribution in [2.45, 2.75) is 47.0 Å². The first-order chi connectivity index (χ1) is 19.8. The highest BCUT2D eigenvalue weighted by molar-refractivity contribution is 5.94. The van der Waals surface area contributed by atoms with E-state index >= 15 is 0 Å². The van der Waals surface area contributed by atoms with Crippen LogP contribution in [0.15, 0.2) is 65.3 Å². The zero-order chi connectivity index (χ0) is 28.5. The predicted molar refractivity (Wildman–Crippen MR) is 165 cm³/mol. The molecular weight excluding hydrogens is 510 g/mol. The molecule has 1 N–H and O–H groups in total. The van der Waals surface area contributed by atoms with Crippen LogP contribution in [0, 0.1) is 24.7 Å². The number of piperazine rings is 1. The fraction of sp³-hybridized carbons (Fsp3) is 0.441. The Morgan fingerprint density at radius 2 is 1.83 bits per heavy atom. The molecule has 0 spiro atoms. The lowest BCUT2D eigenvalue weighted by molar-refractivity contribution is -0.134. The largest absolute Gasteiger partial charge is 0.493 e. The number of carbonyl (C=O) groups is 1. The summed E-state index contributed by atoms with van der Waals surface area (Å²) >= 11 is 0. The number of aromatic nitrogens is 2. The zero-order valence-corrected chi connectivity index (χ0v) is 24.7. The quantitative estimate of drug-likeness (QED) is 0.423. The maximum Gasteiger partial charge on any atom is 0.222 e. The molecule has 0 radical (unpaired) electrons. The van der Waals surface area contributed by atoms with E-state index in [2.05, 4.69) is 94.1 Å². The monoisotopic (exact) mass is 551 g/mol. The Kier molecular flexibility index (Phi) is 7.69. The van der Waals surface area contributed by atoms with Gasteiger partial charge in [-0.1, -0.05) is 37.6 Å². The number of H-pyrrole nitrogens is 1. The van der Waals surface area contributed by atoms with Crippen molar-refractivity contribution in [3.05, 3.63) is 71.7 Å². The van der Waals surface area contributed by atoms with E-state index in [1.54, 1.807) is 0 Å². The van der Waals surface area contributed by atoms with E-state index in [1.165, 1.54) is 16.7 Å². The molecule has 3 aliphatic heterocycles. The van der Waals surface area contributed by atoms with E-state index < -0.39 is 0 Å². The molecule has 0 saturated carbocycles. The number of nitrogens with one attached hydrogen (secondary N) is 1. The smallest absolute Gasteiger partial charge is 0.222 e. The molecule has 3 atom stereocenters. The number of imidazole rings is 1. The number of ether oxygens (including phenoxy) is 1. The minimum absolute atomic E-state index is 0.266. The summed E-state index contributed by atoms with van der Waals surface area (Å²) in [5.74, 6) is 4.26. The first-order valence-electron chi connectivity index (χ1n) is 15.0. The third-order valence-electron chi connectivity index (χ3n) is 9.14. The first kappa shape index (κ1) is 27.3. The molecule has 41 heavy (non-hydrogen) atoms. The minimum Gasteiger partial charge on any atom is -0.493 e. The number of nitrogens with zero attached hydrogens (tertiary/aromatic N) is 4. The lowest BCUT2D eigenvalue weighted by Gasteiger charge is -2.37. The number of aromatic amines is 1. The van der Waals surface area contributed by atoms with Gasteiger partial charge in [-0.3, -0.25) is 4.79 Å². The van der Waals surface area contributed by atoms with E-state index in [0.717, 1.165) is 73.0 Å². The Balaban J connectivity index is 1.09. The second-order valence-electron chi connectivity index (χ2n) is 12.0. The molecule has 6 rings (SSSR count). The SMILES string of the molecule is CC1=CC(N2CCN(C(=O)CC3CCOc4ccc(-c5ccc6nc(C)[nH]c6c5)cc4CC3C)CC2)=NC=CC1C. The number of carbonyl (C=O) groups excluding carboxylic acids is 1. The van der Waals surface area contributed by atoms with Crippen molar-refractivity contribution in [3.8, 4) is 16.9 Å². The molecule has 2 aromatic carbocycles. The fourth-order valence-electron chi connectivity index (χ4n) is 6.28. The second kappa shape index (κ2) is 11.6. The van der Waals surface area contributed by atoms with Gasteiger partial charge in [-0.15, -0.1) is 0 Å². The molecule has 7 heteroatoms. The van der Waals surface area contributed by atoms with E-state index in [0.29, 0.717) is 30.8 Å². The standard InChI is InChI=1S/C34H41N5O2/c1-22-9-11-35-33(18-23(22)2)38-12-14-39(15-13-38)34(40)21-26-10-16-41-32-8-6-27(19-29(32)17-24(26)3)28-5-7-30-31(20-28)37-25(4)36-30/h5-9,11,18-20,22,24,26H,10,12-17,21H2,1-4H3,(H,36,37). The van der Waals surface area contributed by atoms with Crippen molar-refractivity contribution in [2.75, 3.05) is 32.8 Å². The highest BCUT2D eigenvalue weighted by Gasteiger charge is 2.29. The van der Waals surface area contributed by atoms with Crippen molar-refractivity contribution >= 4 is 22.8 Å². The molecule has 3 aliphatic rings. The highest BCUT2D eigenvalue weighted by atomic mass is 16.5. The average molecular weight is 552 g/mol. The topological polar surface area (TPSA) is 73.8 Å². The third kappa shape index (κ3) is 5.95. The predicted octanol–water partition coefficient (Wildman–Crippen LogP) is 6.16. The minimum atomic E-state index is 0.266. The number of hydrogen-bond donors (Lipinski definition) is 1. The van der Waals surface area contributed by atoms with Gasteiger partial charge in [0.1, 0.15) is 17.4 Å². The normalized spacial score (nSPS) is 23.2. The number of amides is 1. The van der Waals surface area contributed by atoms with Crippen LogP contribution in [0.25, 0.3) is 22.2 Å². The Morgan fingerprint density at radius 1 is 1.05 bits per heavy atom. The van der Waals surface area contributed by atoms with E-state index in [4.69, 9.17) is 4.74 Å². The number of aryl methyl sites for hydroxylation is 1. The van der Waals surface area contributed by atoms with Gasteiger partial charge in [0.15, 0.2) is 0 Å². The van der Waals surface area contributed by atoms with Crippen molar-refractivity contribution in [3.63, 3.8) is 0 Å². The van der Waals surface area contributed by atoms with Gasteiger partial charge in [-0.25, -0.2) is 9.98 Å². The summed E-state index contributed by atoms with van der Waals surface area (Å²) in [6.45, 7) is 12.4. The lowest BCUT2D eigenvalue weighted by Crippen LogP contribution is -2.50. The van der Waals surface area contributed by atoms with Crippen LogP contribution in [0.4, 0.5) is 0 Å². The Hall–Kier alpha value is -3.87. The molecule has 0 aliphatic carbocycles. The van der Waals surface area contributed by atoms with Crippen LogP contribution in [0.5, 0.6) is 5.75 Å². The van der Waals surface area contributed by atoms with E-state index in [-0.39, 0.29) is 5.91 Å². The van der Waals surface area contributed by atoms with Crippen molar-refractivity contribution in [1.82, 2.24) is 19.8 Å². The maximum atomic E-state index is 13.4. The Morgan fingerprint density at radius 3 is 2.66 bits per heavy atom. The average Bonchev–Trinajstić information content (AvgIpc) is 3.26. The van der Waals surface area contributed by atoms with Gasteiger partial charge in [-0.05, 0) is 91.5 Å². The molecule has 7 nitrogen and oxygen atoms in total. The van der Waals surface area contributed by atoms with Gasteiger partial charge >= 0.3 is 0 Å². The Bertz CT molecular complexity index is 1530. The van der Waals surface area contributed by atoms with Crippen LogP contribution in [-0.4, -0.2) is 64.3 Å². The van der Waals surface area contributed by atoms with Crippen LogP contribution in [0.3, 0.4) is 0 Å². The van der Waals surface area contributed by atoms with Gasteiger partial charge in [0.2, 0.25) is 5.91 Å². The molecular formula is C34H41N5O2. The van der Waals surface area contributed by atoms with Crippen LogP contribution < -0.4 is 4.74 Å². The van der Waals surface area contributed by atoms with Gasteiger partial charge in [0, 0.05) is 38.8 Å². The third-order valence-corrected chi connectivity index (χ3v) is 9.14. The van der Waals surface area contributed by atoms with Crippen LogP contribution >= 0.6 is 0 Å². The summed E-state index contributed by atoms with van der Waals surface area (Å²) in [6.07, 6.45) is 8.63. The highest BCUT2D eigenvalue weighted by Crippen LogP contribution is 2.35. The number of hydrogen-bond acceptors (Lipinski definition) is 5. The summed E-state index contributed by atoms with van der Waals surface area (Å²) in [6, 6.07) is 12.9. The zero-order valence-electron chi connectivity index (χ0n) is 24.7. The number of aliphatic imine (C=N–C) groups is 1. The first-order valence-corrected chi connectivity index (χ1v) is 15.0. The molecule has 4 heterocycles. The van der Waals surface area contributed by atoms with Crippen LogP contribution in [0.1, 0.15) is 45.0 Å². The van der Waals surface area contributed by atoms with Gasteiger partial charge in [0.25, 0.3) is 0 Å². The molecule has 1 aromatic heterocycles. The number of rotatable bonds is 3. The summed E-state index contributed by atoms with van der Waals surface area (Å²) in [5.41, 5.74) is 6.91. The lowest BCUT2D eigenvalue weighted by atomic mass is 9.82. The van der Waals surface area contributed by atoms with Crippen LogP contribution in [0.2, 0.25) is 0 Å². The van der Waals surface area contributed by atoms with Crippen molar-refractivity contribution in [2.24, 2.45) is 22.7 Å². The summed E-state index contributed by atoms with van der Waals surface area (Å²) < 4.78 is 6.23. The molecule has 0 bridgehead atoms. The number of fused-ring (bicyclic) bond motifs is 2. The molecule has 214 valence electrons. The number of amidine groups is 1. The van der Waals surface area contributed by atoms with Crippen molar-refractivity contribution < 1.29 is 9.53 Å². The summed E-state index contributed by atoms with van der Waals surface area (Å²) in [4.78, 5) is 30.3.